The first kappa shape index (κ1) is 17.2. The number of amides is 2. The molecule has 1 aliphatic rings. The number of nitrogens with one attached hydrogen (secondary N) is 1. The molecule has 7 heteroatoms. The third-order valence-electron chi connectivity index (χ3n) is 3.58. The first-order chi connectivity index (χ1) is 10.8. The van der Waals surface area contributed by atoms with Crippen molar-refractivity contribution in [1.82, 2.24) is 5.32 Å². The first-order valence-corrected chi connectivity index (χ1v) is 9.23. The fraction of sp³-hybridized carbons (Fsp3) is 0.375. The molecular weight excluding hydrogens is 316 g/mol. The molecule has 1 saturated heterocycles. The second-order valence-electron chi connectivity index (χ2n) is 5.69. The lowest BCUT2D eigenvalue weighted by Gasteiger charge is -2.16. The van der Waals surface area contributed by atoms with Gasteiger partial charge in [-0.2, -0.15) is 0 Å². The van der Waals surface area contributed by atoms with Gasteiger partial charge in [-0.25, -0.2) is 8.42 Å². The average Bonchev–Trinajstić information content (AvgIpc) is 2.85. The van der Waals surface area contributed by atoms with Crippen LogP contribution in [-0.4, -0.2) is 39.6 Å². The maximum absolute atomic E-state index is 12.1. The maximum Gasteiger partial charge on any atom is 0.227 e. The molecular formula is C16H20N2O4S. The molecule has 124 valence electrons. The lowest BCUT2D eigenvalue weighted by atomic mass is 10.1. The predicted octanol–water partition coefficient (Wildman–Crippen LogP) is 1.02. The zero-order valence-electron chi connectivity index (χ0n) is 13.2. The van der Waals surface area contributed by atoms with E-state index in [4.69, 9.17) is 0 Å². The molecule has 2 amide bonds. The molecule has 23 heavy (non-hydrogen) atoms. The Hall–Kier alpha value is -2.15. The SMILES string of the molecule is Cc1ccc(N2CC(C(=O)NC/C=C/S(C)(=O)=O)CC2=O)cc1. The Kier molecular flexibility index (Phi) is 5.20. The molecule has 1 aromatic carbocycles. The Balaban J connectivity index is 1.93. The van der Waals surface area contributed by atoms with E-state index in [2.05, 4.69) is 5.32 Å². The summed E-state index contributed by atoms with van der Waals surface area (Å²) in [4.78, 5) is 25.8. The Morgan fingerprint density at radius 2 is 2.00 bits per heavy atom. The Morgan fingerprint density at radius 3 is 2.61 bits per heavy atom. The second-order valence-corrected chi connectivity index (χ2v) is 7.62. The first-order valence-electron chi connectivity index (χ1n) is 7.27. The summed E-state index contributed by atoms with van der Waals surface area (Å²) in [5.74, 6) is -0.748. The van der Waals surface area contributed by atoms with E-state index in [-0.39, 0.29) is 24.8 Å². The van der Waals surface area contributed by atoms with Gasteiger partial charge in [-0.15, -0.1) is 0 Å². The summed E-state index contributed by atoms with van der Waals surface area (Å²) in [5.41, 5.74) is 1.89. The van der Waals surface area contributed by atoms with Gasteiger partial charge in [0.05, 0.1) is 5.92 Å². The van der Waals surface area contributed by atoms with Gasteiger partial charge in [-0.05, 0) is 19.1 Å². The highest BCUT2D eigenvalue weighted by Gasteiger charge is 2.34. The van der Waals surface area contributed by atoms with E-state index in [1.165, 1.54) is 6.08 Å². The van der Waals surface area contributed by atoms with Gasteiger partial charge in [0.15, 0.2) is 9.84 Å². The van der Waals surface area contributed by atoms with Crippen molar-refractivity contribution >= 4 is 27.3 Å². The molecule has 6 nitrogen and oxygen atoms in total. The third kappa shape index (κ3) is 4.92. The second kappa shape index (κ2) is 6.95. The summed E-state index contributed by atoms with van der Waals surface area (Å²) < 4.78 is 21.9. The van der Waals surface area contributed by atoms with E-state index in [0.29, 0.717) is 6.54 Å². The van der Waals surface area contributed by atoms with Crippen LogP contribution in [0.5, 0.6) is 0 Å². The molecule has 1 aromatic rings. The van der Waals surface area contributed by atoms with Crippen LogP contribution < -0.4 is 10.2 Å². The number of aryl methyl sites for hydroxylation is 1. The molecule has 0 aromatic heterocycles. The molecule has 1 unspecified atom stereocenters. The smallest absolute Gasteiger partial charge is 0.227 e. The van der Waals surface area contributed by atoms with Gasteiger partial charge in [0.25, 0.3) is 0 Å². The number of carbonyl (C=O) groups is 2. The number of hydrogen-bond acceptors (Lipinski definition) is 4. The molecule has 1 aliphatic heterocycles. The van der Waals surface area contributed by atoms with E-state index in [1.54, 1.807) is 4.90 Å². The third-order valence-corrected chi connectivity index (χ3v) is 4.27. The van der Waals surface area contributed by atoms with Gasteiger partial charge in [-0.3, -0.25) is 9.59 Å². The number of nitrogens with zero attached hydrogens (tertiary/aromatic N) is 1. The monoisotopic (exact) mass is 336 g/mol. The highest BCUT2D eigenvalue weighted by atomic mass is 32.2. The molecule has 1 atom stereocenters. The number of anilines is 1. The summed E-state index contributed by atoms with van der Waals surface area (Å²) in [5, 5.41) is 3.68. The minimum atomic E-state index is -3.19. The molecule has 1 fully saturated rings. The van der Waals surface area contributed by atoms with Crippen LogP contribution in [0.25, 0.3) is 0 Å². The number of carbonyl (C=O) groups excluding carboxylic acids is 2. The summed E-state index contributed by atoms with van der Waals surface area (Å²) in [7, 11) is -3.19. The molecule has 1 N–H and O–H groups in total. The van der Waals surface area contributed by atoms with Crippen LogP contribution in [0.4, 0.5) is 5.69 Å². The van der Waals surface area contributed by atoms with E-state index in [1.807, 2.05) is 31.2 Å². The van der Waals surface area contributed by atoms with Crippen LogP contribution in [0.1, 0.15) is 12.0 Å². The van der Waals surface area contributed by atoms with Crippen molar-refractivity contribution in [2.45, 2.75) is 13.3 Å². The van der Waals surface area contributed by atoms with Gasteiger partial charge in [0, 0.05) is 36.9 Å². The van der Waals surface area contributed by atoms with Gasteiger partial charge in [0.1, 0.15) is 0 Å². The van der Waals surface area contributed by atoms with Crippen LogP contribution >= 0.6 is 0 Å². The Labute approximate surface area is 136 Å². The summed E-state index contributed by atoms with van der Waals surface area (Å²) in [6, 6.07) is 7.57. The maximum atomic E-state index is 12.1. The van der Waals surface area contributed by atoms with Crippen molar-refractivity contribution in [3.63, 3.8) is 0 Å². The fourth-order valence-corrected chi connectivity index (χ4v) is 2.83. The zero-order valence-corrected chi connectivity index (χ0v) is 14.0. The van der Waals surface area contributed by atoms with Gasteiger partial charge < -0.3 is 10.2 Å². The summed E-state index contributed by atoms with van der Waals surface area (Å²) in [6.45, 7) is 2.43. The van der Waals surface area contributed by atoms with Crippen molar-refractivity contribution in [3.05, 3.63) is 41.3 Å². The van der Waals surface area contributed by atoms with Crippen LogP contribution in [-0.2, 0) is 19.4 Å². The van der Waals surface area contributed by atoms with Crippen LogP contribution in [0.2, 0.25) is 0 Å². The van der Waals surface area contributed by atoms with Gasteiger partial charge in [0.2, 0.25) is 11.8 Å². The molecule has 2 rings (SSSR count). The van der Waals surface area contributed by atoms with Crippen LogP contribution in [0, 0.1) is 12.8 Å². The molecule has 1 heterocycles. The topological polar surface area (TPSA) is 83.6 Å². The molecule has 0 saturated carbocycles. The average molecular weight is 336 g/mol. The van der Waals surface area contributed by atoms with Crippen LogP contribution in [0.3, 0.4) is 0 Å². The summed E-state index contributed by atoms with van der Waals surface area (Å²) in [6.07, 6.45) is 2.62. The molecule has 0 bridgehead atoms. The van der Waals surface area contributed by atoms with Crippen molar-refractivity contribution < 1.29 is 18.0 Å². The van der Waals surface area contributed by atoms with E-state index in [9.17, 15) is 18.0 Å². The van der Waals surface area contributed by atoms with Gasteiger partial charge >= 0.3 is 0 Å². The molecule has 0 spiro atoms. The van der Waals surface area contributed by atoms with E-state index >= 15 is 0 Å². The van der Waals surface area contributed by atoms with Crippen molar-refractivity contribution in [3.8, 4) is 0 Å². The number of rotatable bonds is 5. The quantitative estimate of drug-likeness (QED) is 0.870. The summed E-state index contributed by atoms with van der Waals surface area (Å²) >= 11 is 0. The van der Waals surface area contributed by atoms with Gasteiger partial charge in [-0.1, -0.05) is 23.8 Å². The fourth-order valence-electron chi connectivity index (χ4n) is 2.38. The number of sulfone groups is 1. The predicted molar refractivity (Wildman–Crippen MR) is 88.6 cm³/mol. The van der Waals surface area contributed by atoms with E-state index in [0.717, 1.165) is 22.9 Å². The van der Waals surface area contributed by atoms with Crippen molar-refractivity contribution in [1.29, 1.82) is 0 Å². The molecule has 0 radical (unpaired) electrons. The number of hydrogen-bond donors (Lipinski definition) is 1. The van der Waals surface area contributed by atoms with Crippen molar-refractivity contribution in [2.24, 2.45) is 5.92 Å². The van der Waals surface area contributed by atoms with Crippen LogP contribution in [0.15, 0.2) is 35.7 Å². The highest BCUT2D eigenvalue weighted by Crippen LogP contribution is 2.25. The minimum Gasteiger partial charge on any atom is -0.352 e. The zero-order chi connectivity index (χ0) is 17.0. The Morgan fingerprint density at radius 1 is 1.35 bits per heavy atom. The lowest BCUT2D eigenvalue weighted by Crippen LogP contribution is -2.33. The van der Waals surface area contributed by atoms with E-state index < -0.39 is 15.8 Å². The molecule has 0 aliphatic carbocycles. The minimum absolute atomic E-state index is 0.0827. The standard InChI is InChI=1S/C16H20N2O4S/c1-12-4-6-14(7-5-12)18-11-13(10-15(18)19)16(20)17-8-3-9-23(2,21)22/h3-7,9,13H,8,10-11H2,1-2H3,(H,17,20)/b9-3+. The lowest BCUT2D eigenvalue weighted by molar-refractivity contribution is -0.126. The normalized spacial score (nSPS) is 18.6. The highest BCUT2D eigenvalue weighted by molar-refractivity contribution is 7.93. The number of benzene rings is 1. The van der Waals surface area contributed by atoms with Crippen molar-refractivity contribution in [2.75, 3.05) is 24.2 Å². The largest absolute Gasteiger partial charge is 0.352 e. The Bertz CT molecular complexity index is 723.